The Morgan fingerprint density at radius 1 is 0.917 bits per heavy atom. The molecule has 0 spiro atoms. The smallest absolute Gasteiger partial charge is 0.243 e. The number of rotatable bonds is 7. The summed E-state index contributed by atoms with van der Waals surface area (Å²) in [7, 11) is -3.61. The summed E-state index contributed by atoms with van der Waals surface area (Å²) in [6.45, 7) is 2.01. The van der Waals surface area contributed by atoms with Gasteiger partial charge in [0, 0.05) is 28.7 Å². The standard InChI is InChI=1S/C29H36N2O4S/c1-21-12-17-28-27(18-21)22(20-35-28)19-29(32)30-23-13-15-26(16-14-23)36(33,34)31(24-8-4-2-5-9-24)25-10-6-3-7-11-25/h12-18,20,24-25H,2-11,19H2,1H3,(H,30,32). The summed E-state index contributed by atoms with van der Waals surface area (Å²) in [5.41, 5.74) is 3.29. The molecule has 6 nitrogen and oxygen atoms in total. The quantitative estimate of drug-likeness (QED) is 0.391. The van der Waals surface area contributed by atoms with Gasteiger partial charge < -0.3 is 9.73 Å². The Morgan fingerprint density at radius 2 is 1.53 bits per heavy atom. The van der Waals surface area contributed by atoms with Crippen molar-refractivity contribution < 1.29 is 17.6 Å². The highest BCUT2D eigenvalue weighted by Crippen LogP contribution is 2.35. The molecule has 2 saturated carbocycles. The lowest BCUT2D eigenvalue weighted by atomic mass is 9.91. The van der Waals surface area contributed by atoms with Crippen molar-refractivity contribution in [2.45, 2.75) is 94.5 Å². The van der Waals surface area contributed by atoms with Gasteiger partial charge in [-0.05, 0) is 69.0 Å². The minimum absolute atomic E-state index is 0.0969. The molecule has 3 aromatic rings. The molecule has 0 radical (unpaired) electrons. The van der Waals surface area contributed by atoms with E-state index in [1.165, 1.54) is 12.8 Å². The predicted molar refractivity (Wildman–Crippen MR) is 142 cm³/mol. The van der Waals surface area contributed by atoms with Crippen LogP contribution in [0.15, 0.2) is 58.0 Å². The second-order valence-corrected chi connectivity index (χ2v) is 12.3. The molecule has 2 fully saturated rings. The highest BCUT2D eigenvalue weighted by atomic mass is 32.2. The third-order valence-electron chi connectivity index (χ3n) is 7.74. The van der Waals surface area contributed by atoms with Crippen molar-refractivity contribution in [3.63, 3.8) is 0 Å². The number of amides is 1. The van der Waals surface area contributed by atoms with Crippen molar-refractivity contribution in [1.29, 1.82) is 0 Å². The van der Waals surface area contributed by atoms with Crippen LogP contribution in [0, 0.1) is 6.92 Å². The van der Waals surface area contributed by atoms with E-state index in [2.05, 4.69) is 5.32 Å². The lowest BCUT2D eigenvalue weighted by Gasteiger charge is -2.40. The van der Waals surface area contributed by atoms with E-state index in [0.717, 1.165) is 73.5 Å². The maximum Gasteiger partial charge on any atom is 0.243 e. The molecular weight excluding hydrogens is 472 g/mol. The van der Waals surface area contributed by atoms with Gasteiger partial charge in [0.05, 0.1) is 17.6 Å². The fourth-order valence-corrected chi connectivity index (χ4v) is 7.83. The second kappa shape index (κ2) is 10.8. The maximum absolute atomic E-state index is 13.9. The van der Waals surface area contributed by atoms with Crippen molar-refractivity contribution in [2.75, 3.05) is 5.32 Å². The number of carbonyl (C=O) groups is 1. The molecule has 0 atom stereocenters. The number of furan rings is 1. The Hall–Kier alpha value is -2.64. The maximum atomic E-state index is 13.9. The first-order valence-corrected chi connectivity index (χ1v) is 14.8. The average molecular weight is 509 g/mol. The number of fused-ring (bicyclic) bond motifs is 1. The van der Waals surface area contributed by atoms with Gasteiger partial charge in [0.25, 0.3) is 0 Å². The van der Waals surface area contributed by atoms with E-state index in [1.807, 2.05) is 29.4 Å². The molecule has 1 heterocycles. The molecule has 2 aliphatic rings. The summed E-state index contributed by atoms with van der Waals surface area (Å²) >= 11 is 0. The second-order valence-electron chi connectivity index (χ2n) is 10.4. The largest absolute Gasteiger partial charge is 0.464 e. The zero-order valence-electron chi connectivity index (χ0n) is 21.0. The van der Waals surface area contributed by atoms with Crippen LogP contribution in [0.3, 0.4) is 0 Å². The average Bonchev–Trinajstić information content (AvgIpc) is 3.27. The number of carbonyl (C=O) groups excluding carboxylic acids is 1. The van der Waals surface area contributed by atoms with Crippen LogP contribution in [0.25, 0.3) is 11.0 Å². The first-order valence-electron chi connectivity index (χ1n) is 13.3. The van der Waals surface area contributed by atoms with E-state index in [0.29, 0.717) is 10.6 Å². The molecule has 2 aliphatic carbocycles. The van der Waals surface area contributed by atoms with E-state index in [-0.39, 0.29) is 24.4 Å². The molecule has 5 rings (SSSR count). The van der Waals surface area contributed by atoms with E-state index >= 15 is 0 Å². The van der Waals surface area contributed by atoms with Gasteiger partial charge in [-0.15, -0.1) is 0 Å². The molecule has 0 aliphatic heterocycles. The zero-order valence-corrected chi connectivity index (χ0v) is 21.9. The molecule has 1 N–H and O–H groups in total. The molecule has 7 heteroatoms. The summed E-state index contributed by atoms with van der Waals surface area (Å²) in [5, 5.41) is 3.85. The van der Waals surface area contributed by atoms with Crippen molar-refractivity contribution in [2.24, 2.45) is 0 Å². The molecule has 2 aromatic carbocycles. The summed E-state index contributed by atoms with van der Waals surface area (Å²) < 4.78 is 35.2. The highest BCUT2D eigenvalue weighted by Gasteiger charge is 2.38. The molecule has 1 aromatic heterocycles. The minimum atomic E-state index is -3.61. The topological polar surface area (TPSA) is 79.6 Å². The van der Waals surface area contributed by atoms with Crippen molar-refractivity contribution >= 4 is 32.6 Å². The Morgan fingerprint density at radius 3 is 2.14 bits per heavy atom. The summed E-state index contributed by atoms with van der Waals surface area (Å²) in [5.74, 6) is -0.166. The van der Waals surface area contributed by atoms with Gasteiger partial charge in [-0.25, -0.2) is 8.42 Å². The van der Waals surface area contributed by atoms with Gasteiger partial charge in [-0.3, -0.25) is 4.79 Å². The van der Waals surface area contributed by atoms with Gasteiger partial charge in [0.15, 0.2) is 0 Å². The van der Waals surface area contributed by atoms with Crippen LogP contribution in [0.5, 0.6) is 0 Å². The van der Waals surface area contributed by atoms with Gasteiger partial charge in [-0.1, -0.05) is 50.2 Å². The molecule has 192 valence electrons. The molecule has 0 unspecified atom stereocenters. The van der Waals surface area contributed by atoms with Crippen LogP contribution < -0.4 is 5.32 Å². The third-order valence-corrected chi connectivity index (χ3v) is 9.76. The third kappa shape index (κ3) is 5.37. The van der Waals surface area contributed by atoms with Crippen LogP contribution in [0.1, 0.15) is 75.3 Å². The van der Waals surface area contributed by atoms with E-state index in [9.17, 15) is 13.2 Å². The Bertz CT molecular complexity index is 1280. The van der Waals surface area contributed by atoms with Crippen LogP contribution >= 0.6 is 0 Å². The van der Waals surface area contributed by atoms with E-state index in [4.69, 9.17) is 4.42 Å². The fourth-order valence-electron chi connectivity index (χ4n) is 5.90. The monoisotopic (exact) mass is 508 g/mol. The van der Waals surface area contributed by atoms with Gasteiger partial charge >= 0.3 is 0 Å². The van der Waals surface area contributed by atoms with Crippen LogP contribution in [-0.4, -0.2) is 30.7 Å². The first kappa shape index (κ1) is 25.0. The molecule has 0 saturated heterocycles. The van der Waals surface area contributed by atoms with Gasteiger partial charge in [-0.2, -0.15) is 4.31 Å². The number of benzene rings is 2. The highest BCUT2D eigenvalue weighted by molar-refractivity contribution is 7.89. The molecule has 36 heavy (non-hydrogen) atoms. The first-order chi connectivity index (χ1) is 17.4. The molecule has 1 amide bonds. The van der Waals surface area contributed by atoms with Crippen LogP contribution in [-0.2, 0) is 21.2 Å². The Kier molecular flexibility index (Phi) is 7.49. The summed E-state index contributed by atoms with van der Waals surface area (Å²) in [6, 6.07) is 12.8. The number of sulfonamides is 1. The number of nitrogens with one attached hydrogen (secondary N) is 1. The fraction of sp³-hybridized carbons (Fsp3) is 0.483. The van der Waals surface area contributed by atoms with Gasteiger partial charge in [0.1, 0.15) is 5.58 Å². The van der Waals surface area contributed by atoms with E-state index in [1.54, 1.807) is 30.5 Å². The lowest BCUT2D eigenvalue weighted by Crippen LogP contribution is -2.48. The van der Waals surface area contributed by atoms with Crippen LogP contribution in [0.4, 0.5) is 5.69 Å². The molecule has 0 bridgehead atoms. The summed E-state index contributed by atoms with van der Waals surface area (Å²) in [6.07, 6.45) is 12.4. The number of nitrogens with zero attached hydrogens (tertiary/aromatic N) is 1. The molecular formula is C29H36N2O4S. The Labute approximate surface area is 214 Å². The number of aryl methyl sites for hydroxylation is 1. The van der Waals surface area contributed by atoms with Gasteiger partial charge in [0.2, 0.25) is 15.9 Å². The van der Waals surface area contributed by atoms with E-state index < -0.39 is 10.0 Å². The summed E-state index contributed by atoms with van der Waals surface area (Å²) in [4.78, 5) is 13.0. The van der Waals surface area contributed by atoms with Crippen molar-refractivity contribution in [3.05, 3.63) is 59.9 Å². The SMILES string of the molecule is Cc1ccc2occ(CC(=O)Nc3ccc(S(=O)(=O)N(C4CCCCC4)C4CCCCC4)cc3)c2c1. The zero-order chi connectivity index (χ0) is 25.1. The Balaban J connectivity index is 1.30. The van der Waals surface area contributed by atoms with Crippen LogP contribution in [0.2, 0.25) is 0 Å². The lowest BCUT2D eigenvalue weighted by molar-refractivity contribution is -0.115. The minimum Gasteiger partial charge on any atom is -0.464 e. The number of hydrogen-bond donors (Lipinski definition) is 1. The number of anilines is 1. The van der Waals surface area contributed by atoms with Crippen molar-refractivity contribution in [3.8, 4) is 0 Å². The van der Waals surface area contributed by atoms with Crippen molar-refractivity contribution in [1.82, 2.24) is 4.31 Å². The normalized spacial score (nSPS) is 18.1. The predicted octanol–water partition coefficient (Wildman–Crippen LogP) is 6.58. The number of hydrogen-bond acceptors (Lipinski definition) is 4.